The highest BCUT2D eigenvalue weighted by Crippen LogP contribution is 2.26. The van der Waals surface area contributed by atoms with Crippen molar-refractivity contribution < 1.29 is 10.2 Å². The van der Waals surface area contributed by atoms with E-state index in [0.717, 1.165) is 24.8 Å². The maximum Gasteiger partial charge on any atom is 0.0609 e. The fraction of sp³-hybridized carbons (Fsp3) is 0.368. The molecule has 21 heavy (non-hydrogen) atoms. The van der Waals surface area contributed by atoms with Gasteiger partial charge in [0, 0.05) is 12.5 Å². The molecule has 0 radical (unpaired) electrons. The van der Waals surface area contributed by atoms with Crippen LogP contribution in [0.1, 0.15) is 36.3 Å². The maximum absolute atomic E-state index is 10.5. The monoisotopic (exact) mass is 284 g/mol. The average molecular weight is 284 g/mol. The summed E-state index contributed by atoms with van der Waals surface area (Å²) in [5, 5.41) is 19.7. The number of aryl methyl sites for hydroxylation is 1. The van der Waals surface area contributed by atoms with Crippen LogP contribution in [-0.2, 0) is 6.42 Å². The van der Waals surface area contributed by atoms with E-state index in [2.05, 4.69) is 12.1 Å². The van der Waals surface area contributed by atoms with E-state index in [1.165, 1.54) is 5.56 Å². The van der Waals surface area contributed by atoms with Gasteiger partial charge in [0.1, 0.15) is 0 Å². The number of benzene rings is 2. The zero-order valence-electron chi connectivity index (χ0n) is 12.4. The van der Waals surface area contributed by atoms with Crippen molar-refractivity contribution in [1.29, 1.82) is 0 Å². The Morgan fingerprint density at radius 1 is 0.810 bits per heavy atom. The first-order chi connectivity index (χ1) is 10.3. The van der Waals surface area contributed by atoms with Gasteiger partial charge in [-0.3, -0.25) is 0 Å². The smallest absolute Gasteiger partial charge is 0.0609 e. The van der Waals surface area contributed by atoms with Crippen molar-refractivity contribution in [2.45, 2.75) is 37.7 Å². The van der Waals surface area contributed by atoms with Gasteiger partial charge in [-0.1, -0.05) is 60.7 Å². The van der Waals surface area contributed by atoms with E-state index in [4.69, 9.17) is 0 Å². The van der Waals surface area contributed by atoms with Crippen LogP contribution in [0.3, 0.4) is 0 Å². The second-order valence-corrected chi connectivity index (χ2v) is 5.47. The molecule has 2 nitrogen and oxygen atoms in total. The molecule has 0 bridgehead atoms. The van der Waals surface area contributed by atoms with E-state index >= 15 is 0 Å². The summed E-state index contributed by atoms with van der Waals surface area (Å²) < 4.78 is 0. The van der Waals surface area contributed by atoms with Crippen molar-refractivity contribution in [3.8, 4) is 0 Å². The molecule has 2 aromatic carbocycles. The SMILES string of the molecule is OCCC(c1ccccc1)C(O)CCCc1ccccc1. The molecule has 0 fully saturated rings. The number of hydrogen-bond donors (Lipinski definition) is 2. The van der Waals surface area contributed by atoms with Crippen molar-refractivity contribution >= 4 is 0 Å². The van der Waals surface area contributed by atoms with Crippen LogP contribution >= 0.6 is 0 Å². The zero-order valence-corrected chi connectivity index (χ0v) is 12.4. The van der Waals surface area contributed by atoms with E-state index in [0.29, 0.717) is 6.42 Å². The van der Waals surface area contributed by atoms with Gasteiger partial charge in [-0.2, -0.15) is 0 Å². The Bertz CT molecular complexity index is 495. The Morgan fingerprint density at radius 2 is 1.43 bits per heavy atom. The first kappa shape index (κ1) is 15.7. The summed E-state index contributed by atoms with van der Waals surface area (Å²) in [6, 6.07) is 20.3. The second-order valence-electron chi connectivity index (χ2n) is 5.47. The molecule has 2 N–H and O–H groups in total. The van der Waals surface area contributed by atoms with E-state index in [1.54, 1.807) is 0 Å². The third kappa shape index (κ3) is 5.00. The average Bonchev–Trinajstić information content (AvgIpc) is 2.54. The van der Waals surface area contributed by atoms with Gasteiger partial charge < -0.3 is 10.2 Å². The number of aliphatic hydroxyl groups is 2. The highest BCUT2D eigenvalue weighted by atomic mass is 16.3. The van der Waals surface area contributed by atoms with E-state index in [-0.39, 0.29) is 12.5 Å². The molecule has 0 aliphatic carbocycles. The Labute approximate surface area is 127 Å². The highest BCUT2D eigenvalue weighted by molar-refractivity contribution is 5.21. The minimum absolute atomic E-state index is 0.0203. The van der Waals surface area contributed by atoms with Crippen molar-refractivity contribution in [2.75, 3.05) is 6.61 Å². The molecule has 2 aromatic rings. The third-order valence-corrected chi connectivity index (χ3v) is 3.94. The normalized spacial score (nSPS) is 13.8. The Hall–Kier alpha value is -1.64. The molecular weight excluding hydrogens is 260 g/mol. The molecule has 0 aliphatic rings. The number of aliphatic hydroxyl groups excluding tert-OH is 2. The number of hydrogen-bond acceptors (Lipinski definition) is 2. The van der Waals surface area contributed by atoms with Crippen LogP contribution in [0.2, 0.25) is 0 Å². The minimum atomic E-state index is -0.400. The first-order valence-corrected chi connectivity index (χ1v) is 7.69. The molecule has 112 valence electrons. The third-order valence-electron chi connectivity index (χ3n) is 3.94. The van der Waals surface area contributed by atoms with Gasteiger partial charge in [0.25, 0.3) is 0 Å². The Morgan fingerprint density at radius 3 is 2.05 bits per heavy atom. The van der Waals surface area contributed by atoms with Crippen molar-refractivity contribution in [3.05, 3.63) is 71.8 Å². The second kappa shape index (κ2) is 8.60. The van der Waals surface area contributed by atoms with Crippen LogP contribution in [0.5, 0.6) is 0 Å². The zero-order chi connectivity index (χ0) is 14.9. The van der Waals surface area contributed by atoms with Crippen molar-refractivity contribution in [2.24, 2.45) is 0 Å². The van der Waals surface area contributed by atoms with Gasteiger partial charge in [0.15, 0.2) is 0 Å². The molecule has 0 aromatic heterocycles. The fourth-order valence-electron chi connectivity index (χ4n) is 2.78. The molecule has 0 spiro atoms. The molecule has 2 rings (SSSR count). The fourth-order valence-corrected chi connectivity index (χ4v) is 2.78. The van der Waals surface area contributed by atoms with Crippen LogP contribution in [0.4, 0.5) is 0 Å². The van der Waals surface area contributed by atoms with Gasteiger partial charge in [0.05, 0.1) is 6.10 Å². The topological polar surface area (TPSA) is 40.5 Å². The molecule has 0 saturated carbocycles. The van der Waals surface area contributed by atoms with Gasteiger partial charge in [-0.05, 0) is 36.8 Å². The number of rotatable bonds is 8. The van der Waals surface area contributed by atoms with Crippen LogP contribution in [0.15, 0.2) is 60.7 Å². The summed E-state index contributed by atoms with van der Waals surface area (Å²) in [7, 11) is 0. The molecule has 2 heteroatoms. The standard InChI is InChI=1S/C19H24O2/c20-15-14-18(17-11-5-2-6-12-17)19(21)13-7-10-16-8-3-1-4-9-16/h1-6,8-9,11-12,18-21H,7,10,13-15H2. The van der Waals surface area contributed by atoms with Crippen molar-refractivity contribution in [3.63, 3.8) is 0 Å². The van der Waals surface area contributed by atoms with Gasteiger partial charge in [-0.15, -0.1) is 0 Å². The summed E-state index contributed by atoms with van der Waals surface area (Å²) in [6.45, 7) is 0.106. The molecule has 0 heterocycles. The van der Waals surface area contributed by atoms with Crippen LogP contribution in [-0.4, -0.2) is 22.9 Å². The summed E-state index contributed by atoms with van der Waals surface area (Å²) in [5.41, 5.74) is 2.42. The van der Waals surface area contributed by atoms with Gasteiger partial charge in [-0.25, -0.2) is 0 Å². The molecule has 0 saturated heterocycles. The lowest BCUT2D eigenvalue weighted by atomic mass is 9.88. The summed E-state index contributed by atoms with van der Waals surface area (Å²) in [5.74, 6) is 0.0203. The lowest BCUT2D eigenvalue weighted by molar-refractivity contribution is 0.115. The van der Waals surface area contributed by atoms with E-state index < -0.39 is 6.10 Å². The molecule has 2 unspecified atom stereocenters. The lowest BCUT2D eigenvalue weighted by Crippen LogP contribution is -2.20. The summed E-state index contributed by atoms with van der Waals surface area (Å²) in [6.07, 6.45) is 2.91. The Kier molecular flexibility index (Phi) is 6.45. The van der Waals surface area contributed by atoms with Crippen LogP contribution < -0.4 is 0 Å². The highest BCUT2D eigenvalue weighted by Gasteiger charge is 2.20. The van der Waals surface area contributed by atoms with Crippen molar-refractivity contribution in [1.82, 2.24) is 0 Å². The van der Waals surface area contributed by atoms with Gasteiger partial charge in [0.2, 0.25) is 0 Å². The summed E-state index contributed by atoms with van der Waals surface area (Å²) >= 11 is 0. The van der Waals surface area contributed by atoms with E-state index in [9.17, 15) is 10.2 Å². The quantitative estimate of drug-likeness (QED) is 0.778. The predicted octanol–water partition coefficient (Wildman–Crippen LogP) is 3.54. The van der Waals surface area contributed by atoms with Crippen LogP contribution in [0.25, 0.3) is 0 Å². The molecular formula is C19H24O2. The largest absolute Gasteiger partial charge is 0.396 e. The van der Waals surface area contributed by atoms with Crippen LogP contribution in [0, 0.1) is 0 Å². The minimum Gasteiger partial charge on any atom is -0.396 e. The molecule has 2 atom stereocenters. The predicted molar refractivity (Wildman–Crippen MR) is 86.3 cm³/mol. The van der Waals surface area contributed by atoms with E-state index in [1.807, 2.05) is 48.5 Å². The molecule has 0 amide bonds. The van der Waals surface area contributed by atoms with Gasteiger partial charge >= 0.3 is 0 Å². The molecule has 0 aliphatic heterocycles. The first-order valence-electron chi connectivity index (χ1n) is 7.69. The Balaban J connectivity index is 1.88. The maximum atomic E-state index is 10.5. The lowest BCUT2D eigenvalue weighted by Gasteiger charge is -2.22. The summed E-state index contributed by atoms with van der Waals surface area (Å²) in [4.78, 5) is 0.